The van der Waals surface area contributed by atoms with E-state index in [4.69, 9.17) is 9.15 Å². The summed E-state index contributed by atoms with van der Waals surface area (Å²) in [5.74, 6) is 0.470. The first kappa shape index (κ1) is 21.7. The van der Waals surface area contributed by atoms with Crippen molar-refractivity contribution in [3.8, 4) is 5.75 Å². The molecule has 0 saturated carbocycles. The molecule has 1 aliphatic heterocycles. The summed E-state index contributed by atoms with van der Waals surface area (Å²) in [5.41, 5.74) is 4.23. The van der Waals surface area contributed by atoms with E-state index in [1.165, 1.54) is 0 Å². The first-order valence-corrected chi connectivity index (χ1v) is 11.2. The highest BCUT2D eigenvalue weighted by molar-refractivity contribution is 5.99. The molecular formula is C29H25NO4. The van der Waals surface area contributed by atoms with Crippen LogP contribution >= 0.6 is 0 Å². The van der Waals surface area contributed by atoms with Gasteiger partial charge in [0.1, 0.15) is 17.9 Å². The largest absolute Gasteiger partial charge is 0.490 e. The van der Waals surface area contributed by atoms with Crippen LogP contribution in [0.4, 0.5) is 0 Å². The van der Waals surface area contributed by atoms with Crippen molar-refractivity contribution in [1.82, 2.24) is 4.90 Å². The van der Waals surface area contributed by atoms with Crippen LogP contribution in [-0.4, -0.2) is 17.4 Å². The lowest BCUT2D eigenvalue weighted by Gasteiger charge is -2.25. The van der Waals surface area contributed by atoms with Crippen LogP contribution in [0.2, 0.25) is 0 Å². The molecule has 1 aromatic heterocycles. The maximum atomic E-state index is 13.8. The molecule has 2 heterocycles. The van der Waals surface area contributed by atoms with Crippen molar-refractivity contribution in [2.24, 2.45) is 0 Å². The van der Waals surface area contributed by atoms with Crippen LogP contribution in [0.1, 0.15) is 44.4 Å². The second kappa shape index (κ2) is 8.67. The number of ether oxygens (including phenoxy) is 1. The van der Waals surface area contributed by atoms with Gasteiger partial charge in [0, 0.05) is 6.54 Å². The van der Waals surface area contributed by atoms with Crippen molar-refractivity contribution < 1.29 is 13.9 Å². The van der Waals surface area contributed by atoms with Crippen LogP contribution in [0.3, 0.4) is 0 Å². The lowest BCUT2D eigenvalue weighted by atomic mass is 9.97. The number of hydrogen-bond acceptors (Lipinski definition) is 4. The van der Waals surface area contributed by atoms with Gasteiger partial charge in [-0.1, -0.05) is 61.2 Å². The van der Waals surface area contributed by atoms with Gasteiger partial charge in [-0.3, -0.25) is 9.59 Å². The number of rotatable bonds is 6. The number of nitrogens with zero attached hydrogens (tertiary/aromatic N) is 1. The topological polar surface area (TPSA) is 59.8 Å². The smallest absolute Gasteiger partial charge is 0.291 e. The lowest BCUT2D eigenvalue weighted by Crippen LogP contribution is -2.29. The molecule has 3 aromatic carbocycles. The van der Waals surface area contributed by atoms with Crippen LogP contribution in [0.25, 0.3) is 11.0 Å². The number of amides is 1. The van der Waals surface area contributed by atoms with E-state index in [1.807, 2.05) is 80.6 Å². The van der Waals surface area contributed by atoms with E-state index in [1.54, 1.807) is 11.0 Å². The first-order valence-electron chi connectivity index (χ1n) is 11.2. The molecule has 5 heteroatoms. The number of hydrogen-bond donors (Lipinski definition) is 0. The molecule has 1 amide bonds. The quantitative estimate of drug-likeness (QED) is 0.352. The molecular weight excluding hydrogens is 426 g/mol. The van der Waals surface area contributed by atoms with E-state index in [0.717, 1.165) is 22.3 Å². The number of fused-ring (bicyclic) bond motifs is 2. The molecule has 5 nitrogen and oxygen atoms in total. The second-order valence-electron chi connectivity index (χ2n) is 8.63. The molecule has 170 valence electrons. The molecule has 1 aliphatic rings. The minimum Gasteiger partial charge on any atom is -0.490 e. The third-order valence-corrected chi connectivity index (χ3v) is 6.13. The van der Waals surface area contributed by atoms with E-state index in [-0.39, 0.29) is 17.1 Å². The van der Waals surface area contributed by atoms with Gasteiger partial charge in [-0.2, -0.15) is 0 Å². The Kier molecular flexibility index (Phi) is 5.54. The van der Waals surface area contributed by atoms with Crippen molar-refractivity contribution in [3.63, 3.8) is 0 Å². The van der Waals surface area contributed by atoms with Crippen LogP contribution in [0.5, 0.6) is 5.75 Å². The third-order valence-electron chi connectivity index (χ3n) is 6.13. The fraction of sp³-hybridized carbons (Fsp3) is 0.172. The average molecular weight is 452 g/mol. The van der Waals surface area contributed by atoms with Crippen molar-refractivity contribution in [1.29, 1.82) is 0 Å². The zero-order valence-corrected chi connectivity index (χ0v) is 19.2. The summed E-state index contributed by atoms with van der Waals surface area (Å²) in [6.45, 7) is 8.25. The summed E-state index contributed by atoms with van der Waals surface area (Å²) >= 11 is 0. The van der Waals surface area contributed by atoms with Gasteiger partial charge >= 0.3 is 0 Å². The maximum absolute atomic E-state index is 13.8. The first-order chi connectivity index (χ1) is 16.5. The summed E-state index contributed by atoms with van der Waals surface area (Å²) in [5, 5.41) is 0.495. The van der Waals surface area contributed by atoms with Gasteiger partial charge in [0.2, 0.25) is 5.76 Å². The monoisotopic (exact) mass is 451 g/mol. The van der Waals surface area contributed by atoms with Crippen molar-refractivity contribution in [2.45, 2.75) is 26.4 Å². The Morgan fingerprint density at radius 2 is 1.82 bits per heavy atom. The average Bonchev–Trinajstić information content (AvgIpc) is 3.11. The summed E-state index contributed by atoms with van der Waals surface area (Å²) in [6.07, 6.45) is 1.67. The highest BCUT2D eigenvalue weighted by Gasteiger charge is 2.43. The maximum Gasteiger partial charge on any atom is 0.291 e. The Morgan fingerprint density at radius 3 is 2.59 bits per heavy atom. The second-order valence-corrected chi connectivity index (χ2v) is 8.63. The summed E-state index contributed by atoms with van der Waals surface area (Å²) < 4.78 is 11.9. The molecule has 0 saturated heterocycles. The van der Waals surface area contributed by atoms with Gasteiger partial charge in [-0.25, -0.2) is 0 Å². The van der Waals surface area contributed by atoms with Gasteiger partial charge in [-0.15, -0.1) is 0 Å². The molecule has 4 aromatic rings. The zero-order chi connectivity index (χ0) is 23.8. The van der Waals surface area contributed by atoms with E-state index >= 15 is 0 Å². The molecule has 1 atom stereocenters. The summed E-state index contributed by atoms with van der Waals surface area (Å²) in [7, 11) is 0. The molecule has 0 spiro atoms. The SMILES string of the molecule is C=CCOc1cccc(C2c3c(oc4c(C)cc(C)cc4c3=O)C(=O)N2Cc2ccccc2)c1. The Hall–Kier alpha value is -4.12. The fourth-order valence-corrected chi connectivity index (χ4v) is 4.69. The molecule has 0 bridgehead atoms. The molecule has 1 unspecified atom stereocenters. The van der Waals surface area contributed by atoms with E-state index in [0.29, 0.717) is 35.4 Å². The molecule has 0 radical (unpaired) electrons. The van der Waals surface area contributed by atoms with Crippen LogP contribution in [0.15, 0.2) is 88.6 Å². The third kappa shape index (κ3) is 3.69. The number of benzene rings is 3. The minimum atomic E-state index is -0.587. The Morgan fingerprint density at radius 1 is 1.03 bits per heavy atom. The van der Waals surface area contributed by atoms with Gasteiger partial charge in [0.25, 0.3) is 5.91 Å². The summed E-state index contributed by atoms with van der Waals surface area (Å²) in [6, 6.07) is 20.5. The molecule has 0 aliphatic carbocycles. The van der Waals surface area contributed by atoms with Gasteiger partial charge in [0.05, 0.1) is 17.0 Å². The van der Waals surface area contributed by atoms with Crippen LogP contribution in [0, 0.1) is 13.8 Å². The summed E-state index contributed by atoms with van der Waals surface area (Å²) in [4.78, 5) is 29.2. The Labute approximate surface area is 197 Å². The van der Waals surface area contributed by atoms with Crippen molar-refractivity contribution in [3.05, 3.63) is 123 Å². The fourth-order valence-electron chi connectivity index (χ4n) is 4.69. The highest BCUT2D eigenvalue weighted by atomic mass is 16.5. The molecule has 5 rings (SSSR count). The van der Waals surface area contributed by atoms with E-state index in [9.17, 15) is 9.59 Å². The van der Waals surface area contributed by atoms with E-state index < -0.39 is 6.04 Å². The highest BCUT2D eigenvalue weighted by Crippen LogP contribution is 2.40. The predicted octanol–water partition coefficient (Wildman–Crippen LogP) is 5.72. The zero-order valence-electron chi connectivity index (χ0n) is 19.2. The van der Waals surface area contributed by atoms with Gasteiger partial charge in [0.15, 0.2) is 5.43 Å². The van der Waals surface area contributed by atoms with Crippen LogP contribution < -0.4 is 10.2 Å². The predicted molar refractivity (Wildman–Crippen MR) is 132 cm³/mol. The Bertz CT molecular complexity index is 1470. The molecule has 0 fully saturated rings. The van der Waals surface area contributed by atoms with Crippen molar-refractivity contribution in [2.75, 3.05) is 6.61 Å². The lowest BCUT2D eigenvalue weighted by molar-refractivity contribution is 0.0714. The normalized spacial score (nSPS) is 14.9. The number of aryl methyl sites for hydroxylation is 2. The van der Waals surface area contributed by atoms with Crippen molar-refractivity contribution >= 4 is 16.9 Å². The minimum absolute atomic E-state index is 0.114. The standard InChI is InChI=1S/C29H25NO4/c1-4-13-33-22-12-8-11-21(16-22)25-24-26(31)23-15-18(2)14-19(3)27(23)34-28(24)29(32)30(25)17-20-9-6-5-7-10-20/h4-12,14-16,25H,1,13,17H2,2-3H3. The number of carbonyl (C=O) groups is 1. The molecule has 34 heavy (non-hydrogen) atoms. The van der Waals surface area contributed by atoms with E-state index in [2.05, 4.69) is 6.58 Å². The number of carbonyl (C=O) groups excluding carboxylic acids is 1. The molecule has 0 N–H and O–H groups in total. The van der Waals surface area contributed by atoms with Gasteiger partial charge in [-0.05, 0) is 54.3 Å². The van der Waals surface area contributed by atoms with Gasteiger partial charge < -0.3 is 14.1 Å². The van der Waals surface area contributed by atoms with Crippen LogP contribution in [-0.2, 0) is 6.54 Å². The Balaban J connectivity index is 1.72.